The summed E-state index contributed by atoms with van der Waals surface area (Å²) in [4.78, 5) is 11.9. The predicted octanol–water partition coefficient (Wildman–Crippen LogP) is 2.77. The second-order valence-corrected chi connectivity index (χ2v) is 3.45. The highest BCUT2D eigenvalue weighted by Crippen LogP contribution is 2.25. The van der Waals surface area contributed by atoms with Crippen LogP contribution in [-0.4, -0.2) is 30.3 Å². The van der Waals surface area contributed by atoms with Gasteiger partial charge in [0.15, 0.2) is 0 Å². The summed E-state index contributed by atoms with van der Waals surface area (Å²) in [6.07, 6.45) is -4.36. The smallest absolute Gasteiger partial charge is 0.405 e. The minimum atomic E-state index is -4.36. The van der Waals surface area contributed by atoms with Crippen molar-refractivity contribution in [1.82, 2.24) is 0 Å². The molecule has 0 aliphatic carbocycles. The van der Waals surface area contributed by atoms with Crippen LogP contribution in [0.4, 0.5) is 18.9 Å². The Labute approximate surface area is 96.5 Å². The van der Waals surface area contributed by atoms with E-state index in [0.717, 1.165) is 4.90 Å². The molecular formula is C11H12F3NO2. The van der Waals surface area contributed by atoms with Gasteiger partial charge in [-0.1, -0.05) is 12.1 Å². The van der Waals surface area contributed by atoms with Crippen LogP contribution in [-0.2, 0) is 0 Å². The fourth-order valence-electron chi connectivity index (χ4n) is 1.51. The molecule has 0 unspecified atom stereocenters. The molecule has 1 aromatic carbocycles. The van der Waals surface area contributed by atoms with Crippen molar-refractivity contribution < 1.29 is 23.1 Å². The minimum Gasteiger partial charge on any atom is -0.478 e. The maximum atomic E-state index is 12.3. The molecule has 1 aromatic rings. The molecule has 0 saturated heterocycles. The third kappa shape index (κ3) is 3.65. The number of anilines is 1. The van der Waals surface area contributed by atoms with Crippen LogP contribution in [0, 0.1) is 0 Å². The van der Waals surface area contributed by atoms with Crippen LogP contribution >= 0.6 is 0 Å². The highest BCUT2D eigenvalue weighted by Gasteiger charge is 2.31. The number of carbonyl (C=O) groups is 1. The van der Waals surface area contributed by atoms with Crippen LogP contribution in [0.5, 0.6) is 0 Å². The van der Waals surface area contributed by atoms with Crippen LogP contribution in [0.25, 0.3) is 0 Å². The Balaban J connectivity index is 3.07. The number of carboxylic acids is 1. The summed E-state index contributed by atoms with van der Waals surface area (Å²) in [6, 6.07) is 5.66. The highest BCUT2D eigenvalue weighted by atomic mass is 19.4. The number of alkyl halides is 3. The first kappa shape index (κ1) is 13.3. The van der Waals surface area contributed by atoms with E-state index in [9.17, 15) is 18.0 Å². The monoisotopic (exact) mass is 247 g/mol. The third-order valence-electron chi connectivity index (χ3n) is 2.23. The largest absolute Gasteiger partial charge is 0.478 e. The van der Waals surface area contributed by atoms with E-state index < -0.39 is 18.7 Å². The molecule has 0 amide bonds. The molecule has 17 heavy (non-hydrogen) atoms. The van der Waals surface area contributed by atoms with Gasteiger partial charge in [-0.2, -0.15) is 13.2 Å². The zero-order valence-corrected chi connectivity index (χ0v) is 9.16. The molecule has 0 radical (unpaired) electrons. The summed E-state index contributed by atoms with van der Waals surface area (Å²) in [5, 5.41) is 8.90. The van der Waals surface area contributed by atoms with E-state index in [4.69, 9.17) is 5.11 Å². The molecule has 0 bridgehead atoms. The van der Waals surface area contributed by atoms with E-state index in [-0.39, 0.29) is 17.8 Å². The number of nitrogens with zero attached hydrogens (tertiary/aromatic N) is 1. The maximum absolute atomic E-state index is 12.3. The Morgan fingerprint density at radius 3 is 2.41 bits per heavy atom. The van der Waals surface area contributed by atoms with E-state index in [1.165, 1.54) is 24.3 Å². The van der Waals surface area contributed by atoms with Gasteiger partial charge in [0.1, 0.15) is 6.54 Å². The SMILES string of the molecule is CCN(CC(F)(F)F)c1ccccc1C(=O)O. The van der Waals surface area contributed by atoms with Crippen LogP contribution in [0.2, 0.25) is 0 Å². The summed E-state index contributed by atoms with van der Waals surface area (Å²) >= 11 is 0. The second kappa shape index (κ2) is 5.07. The van der Waals surface area contributed by atoms with Crippen LogP contribution in [0.3, 0.4) is 0 Å². The van der Waals surface area contributed by atoms with Gasteiger partial charge in [0.05, 0.1) is 11.3 Å². The summed E-state index contributed by atoms with van der Waals surface area (Å²) < 4.78 is 37.0. The molecule has 6 heteroatoms. The Kier molecular flexibility index (Phi) is 3.98. The van der Waals surface area contributed by atoms with Crippen molar-refractivity contribution in [3.63, 3.8) is 0 Å². The molecule has 0 aromatic heterocycles. The predicted molar refractivity (Wildman–Crippen MR) is 57.3 cm³/mol. The van der Waals surface area contributed by atoms with Gasteiger partial charge in [-0.25, -0.2) is 4.79 Å². The first-order chi connectivity index (χ1) is 7.85. The van der Waals surface area contributed by atoms with Gasteiger partial charge >= 0.3 is 12.1 Å². The lowest BCUT2D eigenvalue weighted by Gasteiger charge is -2.25. The van der Waals surface area contributed by atoms with Crippen molar-refractivity contribution in [2.45, 2.75) is 13.1 Å². The fraction of sp³-hybridized carbons (Fsp3) is 0.364. The molecule has 0 saturated carbocycles. The Hall–Kier alpha value is -1.72. The summed E-state index contributed by atoms with van der Waals surface area (Å²) in [5.74, 6) is -1.23. The lowest BCUT2D eigenvalue weighted by atomic mass is 10.1. The van der Waals surface area contributed by atoms with E-state index in [1.807, 2.05) is 0 Å². The fourth-order valence-corrected chi connectivity index (χ4v) is 1.51. The van der Waals surface area contributed by atoms with Gasteiger partial charge in [-0.3, -0.25) is 0 Å². The number of hydrogen-bond acceptors (Lipinski definition) is 2. The van der Waals surface area contributed by atoms with Crippen molar-refractivity contribution in [2.24, 2.45) is 0 Å². The average Bonchev–Trinajstić information content (AvgIpc) is 2.24. The minimum absolute atomic E-state index is 0.0832. The Morgan fingerprint density at radius 2 is 1.94 bits per heavy atom. The molecule has 1 rings (SSSR count). The normalized spacial score (nSPS) is 11.3. The molecule has 0 aliphatic rings. The number of rotatable bonds is 4. The molecule has 0 aliphatic heterocycles. The van der Waals surface area contributed by atoms with Gasteiger partial charge < -0.3 is 10.0 Å². The summed E-state index contributed by atoms with van der Waals surface area (Å²) in [7, 11) is 0. The number of aromatic carboxylic acids is 1. The van der Waals surface area contributed by atoms with Gasteiger partial charge in [0, 0.05) is 6.54 Å². The quantitative estimate of drug-likeness (QED) is 0.889. The second-order valence-electron chi connectivity index (χ2n) is 3.45. The van der Waals surface area contributed by atoms with Crippen molar-refractivity contribution in [3.05, 3.63) is 29.8 Å². The van der Waals surface area contributed by atoms with Crippen molar-refractivity contribution in [3.8, 4) is 0 Å². The topological polar surface area (TPSA) is 40.5 Å². The molecule has 0 heterocycles. The highest BCUT2D eigenvalue weighted by molar-refractivity contribution is 5.94. The van der Waals surface area contributed by atoms with Gasteiger partial charge in [-0.05, 0) is 19.1 Å². The summed E-state index contributed by atoms with van der Waals surface area (Å²) in [5.41, 5.74) is -0.0431. The van der Waals surface area contributed by atoms with Gasteiger partial charge in [0.25, 0.3) is 0 Å². The number of para-hydroxylation sites is 1. The van der Waals surface area contributed by atoms with E-state index in [2.05, 4.69) is 0 Å². The molecule has 0 fully saturated rings. The number of benzene rings is 1. The first-order valence-corrected chi connectivity index (χ1v) is 4.99. The van der Waals surface area contributed by atoms with Crippen LogP contribution in [0.15, 0.2) is 24.3 Å². The van der Waals surface area contributed by atoms with Crippen molar-refractivity contribution >= 4 is 11.7 Å². The molecular weight excluding hydrogens is 235 g/mol. The number of carboxylic acid groups (broad SMARTS) is 1. The van der Waals surface area contributed by atoms with E-state index >= 15 is 0 Å². The molecule has 0 atom stereocenters. The van der Waals surface area contributed by atoms with E-state index in [1.54, 1.807) is 6.92 Å². The third-order valence-corrected chi connectivity index (χ3v) is 2.23. The number of hydrogen-bond donors (Lipinski definition) is 1. The number of halogens is 3. The van der Waals surface area contributed by atoms with Crippen LogP contribution in [0.1, 0.15) is 17.3 Å². The Morgan fingerprint density at radius 1 is 1.35 bits per heavy atom. The zero-order chi connectivity index (χ0) is 13.1. The first-order valence-electron chi connectivity index (χ1n) is 4.99. The van der Waals surface area contributed by atoms with Gasteiger partial charge in [-0.15, -0.1) is 0 Å². The standard InChI is InChI=1S/C11H12F3NO2/c1-2-15(7-11(12,13)14)9-6-4-3-5-8(9)10(16)17/h3-6H,2,7H2,1H3,(H,16,17). The van der Waals surface area contributed by atoms with Crippen molar-refractivity contribution in [2.75, 3.05) is 18.0 Å². The van der Waals surface area contributed by atoms with E-state index in [0.29, 0.717) is 0 Å². The zero-order valence-electron chi connectivity index (χ0n) is 9.16. The van der Waals surface area contributed by atoms with Gasteiger partial charge in [0.2, 0.25) is 0 Å². The van der Waals surface area contributed by atoms with Crippen molar-refractivity contribution in [1.29, 1.82) is 0 Å². The molecule has 3 nitrogen and oxygen atoms in total. The summed E-state index contributed by atoms with van der Waals surface area (Å²) in [6.45, 7) is 0.474. The lowest BCUT2D eigenvalue weighted by Crippen LogP contribution is -2.35. The molecule has 0 spiro atoms. The van der Waals surface area contributed by atoms with Crippen LogP contribution < -0.4 is 4.90 Å². The Bertz CT molecular complexity index is 404. The molecule has 1 N–H and O–H groups in total. The average molecular weight is 247 g/mol. The lowest BCUT2D eigenvalue weighted by molar-refractivity contribution is -0.119. The maximum Gasteiger partial charge on any atom is 0.405 e. The molecule has 94 valence electrons.